The van der Waals surface area contributed by atoms with Gasteiger partial charge in [-0.15, -0.1) is 0 Å². The number of benzene rings is 2. The number of hydrogen-bond acceptors (Lipinski definition) is 9. The lowest BCUT2D eigenvalue weighted by Crippen LogP contribution is -2.44. The fourth-order valence-electron chi connectivity index (χ4n) is 6.65. The van der Waals surface area contributed by atoms with Gasteiger partial charge in [-0.3, -0.25) is 9.59 Å². The minimum absolute atomic E-state index is 0.0657. The van der Waals surface area contributed by atoms with Crippen molar-refractivity contribution in [1.29, 1.82) is 0 Å². The molecule has 2 aliphatic rings. The first-order valence-corrected chi connectivity index (χ1v) is 16.6. The average molecular weight is 699 g/mol. The molecule has 0 bridgehead atoms. The Kier molecular flexibility index (Phi) is 9.65. The van der Waals surface area contributed by atoms with Gasteiger partial charge in [0.2, 0.25) is 5.91 Å². The van der Waals surface area contributed by atoms with Crippen LogP contribution in [0.25, 0.3) is 22.3 Å². The molecule has 0 saturated carbocycles. The van der Waals surface area contributed by atoms with Gasteiger partial charge >= 0.3 is 18.1 Å². The van der Waals surface area contributed by atoms with Gasteiger partial charge < -0.3 is 45.9 Å². The Morgan fingerprint density at radius 3 is 2.55 bits per heavy atom. The van der Waals surface area contributed by atoms with Crippen LogP contribution < -0.4 is 32.0 Å². The molecule has 0 saturated heterocycles. The summed E-state index contributed by atoms with van der Waals surface area (Å²) in [5.74, 6) is -0.696. The third-order valence-electron chi connectivity index (χ3n) is 9.34. The van der Waals surface area contributed by atoms with Crippen molar-refractivity contribution < 1.29 is 38.9 Å². The normalized spacial score (nSPS) is 16.3. The Hall–Kier alpha value is -5.96. The van der Waals surface area contributed by atoms with Crippen molar-refractivity contribution in [3.8, 4) is 17.1 Å². The number of esters is 1. The Balaban J connectivity index is 1.17. The summed E-state index contributed by atoms with van der Waals surface area (Å²) in [6.07, 6.45) is -0.125. The number of cyclic esters (lactones) is 1. The van der Waals surface area contributed by atoms with Crippen molar-refractivity contribution >= 4 is 40.6 Å². The van der Waals surface area contributed by atoms with Gasteiger partial charge in [-0.1, -0.05) is 26.0 Å². The molecule has 4 heterocycles. The lowest BCUT2D eigenvalue weighted by Gasteiger charge is -2.31. The number of carbonyl (C=O) groups excluding carboxylic acids is 3. The van der Waals surface area contributed by atoms with Gasteiger partial charge in [-0.2, -0.15) is 0 Å². The fraction of sp³-hybridized carbons (Fsp3) is 0.333. The summed E-state index contributed by atoms with van der Waals surface area (Å²) in [6.45, 7) is 4.24. The predicted molar refractivity (Wildman–Crippen MR) is 185 cm³/mol. The van der Waals surface area contributed by atoms with Gasteiger partial charge in [0.25, 0.3) is 5.56 Å². The molecule has 2 aromatic carbocycles. The van der Waals surface area contributed by atoms with E-state index < -0.39 is 35.6 Å². The Morgan fingerprint density at radius 1 is 1.10 bits per heavy atom. The van der Waals surface area contributed by atoms with E-state index in [2.05, 4.69) is 16.0 Å². The number of rotatable bonds is 12. The van der Waals surface area contributed by atoms with Crippen LogP contribution in [0.15, 0.2) is 53.3 Å². The molecule has 4 aromatic rings. The SMILES string of the molecule is CCc1c2c(nc3ccc(OCc4ccc(NC(=O)C(CCCNC(N)=O)NC(=O)O)cc4)cc13)-c1cc3c(c(=O)n1C2)COC(=O)[C@]3(O)CC. The van der Waals surface area contributed by atoms with E-state index in [1.54, 1.807) is 41.8 Å². The summed E-state index contributed by atoms with van der Waals surface area (Å²) < 4.78 is 12.9. The number of aromatic nitrogens is 2. The number of aryl methyl sites for hydroxylation is 1. The molecule has 0 spiro atoms. The van der Waals surface area contributed by atoms with Crippen LogP contribution in [0, 0.1) is 0 Å². The number of anilines is 1. The summed E-state index contributed by atoms with van der Waals surface area (Å²) in [4.78, 5) is 65.9. The van der Waals surface area contributed by atoms with E-state index in [1.807, 2.05) is 25.1 Å². The van der Waals surface area contributed by atoms with Gasteiger partial charge in [0.15, 0.2) is 5.60 Å². The number of nitrogens with two attached hydrogens (primary N) is 1. The molecular formula is C36H38N6O9. The molecule has 2 aromatic heterocycles. The van der Waals surface area contributed by atoms with Crippen LogP contribution in [0.2, 0.25) is 0 Å². The molecular weight excluding hydrogens is 660 g/mol. The topological polar surface area (TPSA) is 224 Å². The molecule has 2 aliphatic heterocycles. The van der Waals surface area contributed by atoms with Crippen LogP contribution in [-0.2, 0) is 46.1 Å². The second kappa shape index (κ2) is 14.1. The number of amides is 4. The number of ether oxygens (including phenoxy) is 2. The van der Waals surface area contributed by atoms with Crippen molar-refractivity contribution in [3.63, 3.8) is 0 Å². The van der Waals surface area contributed by atoms with Gasteiger partial charge in [-0.05, 0) is 73.2 Å². The summed E-state index contributed by atoms with van der Waals surface area (Å²) in [5.41, 5.74) is 8.48. The zero-order valence-electron chi connectivity index (χ0n) is 28.1. The largest absolute Gasteiger partial charge is 0.489 e. The van der Waals surface area contributed by atoms with Crippen molar-refractivity contribution in [2.24, 2.45) is 5.73 Å². The minimum atomic E-state index is -1.90. The summed E-state index contributed by atoms with van der Waals surface area (Å²) >= 11 is 0. The second-order valence-corrected chi connectivity index (χ2v) is 12.5. The first-order valence-electron chi connectivity index (χ1n) is 16.6. The summed E-state index contributed by atoms with van der Waals surface area (Å²) in [7, 11) is 0. The highest BCUT2D eigenvalue weighted by atomic mass is 16.6. The minimum Gasteiger partial charge on any atom is -0.489 e. The van der Waals surface area contributed by atoms with Crippen molar-refractivity contribution in [2.45, 2.75) is 70.9 Å². The number of fused-ring (bicyclic) bond motifs is 5. The molecule has 0 radical (unpaired) electrons. The third-order valence-corrected chi connectivity index (χ3v) is 9.34. The zero-order chi connectivity index (χ0) is 36.4. The lowest BCUT2D eigenvalue weighted by atomic mass is 9.86. The van der Waals surface area contributed by atoms with Crippen LogP contribution in [0.4, 0.5) is 15.3 Å². The maximum absolute atomic E-state index is 13.6. The monoisotopic (exact) mass is 698 g/mol. The number of aliphatic hydroxyl groups is 1. The van der Waals surface area contributed by atoms with Gasteiger partial charge in [-0.25, -0.2) is 19.4 Å². The Labute approximate surface area is 291 Å². The van der Waals surface area contributed by atoms with E-state index in [0.717, 1.165) is 22.1 Å². The Morgan fingerprint density at radius 2 is 1.86 bits per heavy atom. The highest BCUT2D eigenvalue weighted by Crippen LogP contribution is 2.40. The van der Waals surface area contributed by atoms with Gasteiger partial charge in [0.05, 0.1) is 29.0 Å². The molecule has 4 amide bonds. The average Bonchev–Trinajstić information content (AvgIpc) is 3.48. The van der Waals surface area contributed by atoms with Crippen molar-refractivity contribution in [2.75, 3.05) is 11.9 Å². The standard InChI is InChI=1S/C36H38N6O9/c1-3-22-23-14-21(50-17-19-7-9-20(10-8-19)39-31(43)28(41-35(47)48)6-5-13-38-34(37)46)11-12-27(23)40-30-24(22)16-42-29(30)15-26-25(32(42)44)18-51-33(45)36(26,49)4-2/h7-12,14-15,28,41,49H,3-6,13,16-18H2,1-2H3,(H,39,43)(H,47,48)(H3,37,38,46)/t28?,36-/m0/s1. The maximum atomic E-state index is 13.6. The summed E-state index contributed by atoms with van der Waals surface area (Å²) in [5, 5.41) is 28.5. The molecule has 15 heteroatoms. The molecule has 0 fully saturated rings. The number of nitrogens with zero attached hydrogens (tertiary/aromatic N) is 2. The van der Waals surface area contributed by atoms with Crippen LogP contribution in [0.3, 0.4) is 0 Å². The maximum Gasteiger partial charge on any atom is 0.405 e. The van der Waals surface area contributed by atoms with E-state index in [4.69, 9.17) is 25.3 Å². The number of urea groups is 1. The molecule has 0 aliphatic carbocycles. The lowest BCUT2D eigenvalue weighted by molar-refractivity contribution is -0.172. The first kappa shape index (κ1) is 34.9. The molecule has 51 heavy (non-hydrogen) atoms. The number of pyridine rings is 2. The van der Waals surface area contributed by atoms with Gasteiger partial charge in [0, 0.05) is 28.7 Å². The quantitative estimate of drug-likeness (QED) is 0.0824. The molecule has 7 N–H and O–H groups in total. The predicted octanol–water partition coefficient (Wildman–Crippen LogP) is 3.24. The first-order chi connectivity index (χ1) is 24.4. The second-order valence-electron chi connectivity index (χ2n) is 12.5. The molecule has 2 atom stereocenters. The van der Waals surface area contributed by atoms with Crippen LogP contribution in [-0.4, -0.2) is 56.4 Å². The van der Waals surface area contributed by atoms with E-state index in [0.29, 0.717) is 47.7 Å². The number of carbonyl (C=O) groups is 4. The van der Waals surface area contributed by atoms with Gasteiger partial charge in [0.1, 0.15) is 25.0 Å². The van der Waals surface area contributed by atoms with E-state index in [1.165, 1.54) is 0 Å². The van der Waals surface area contributed by atoms with Crippen molar-refractivity contribution in [3.05, 3.63) is 86.7 Å². The fourth-order valence-corrected chi connectivity index (χ4v) is 6.65. The highest BCUT2D eigenvalue weighted by Gasteiger charge is 2.45. The van der Waals surface area contributed by atoms with Crippen LogP contribution >= 0.6 is 0 Å². The smallest absolute Gasteiger partial charge is 0.405 e. The molecule has 15 nitrogen and oxygen atoms in total. The number of primary amides is 1. The highest BCUT2D eigenvalue weighted by molar-refractivity contribution is 5.96. The number of nitrogens with one attached hydrogen (secondary N) is 3. The van der Waals surface area contributed by atoms with Crippen LogP contribution in [0.5, 0.6) is 5.75 Å². The number of carboxylic acid groups (broad SMARTS) is 1. The molecule has 6 rings (SSSR count). The zero-order valence-corrected chi connectivity index (χ0v) is 28.1. The Bertz CT molecular complexity index is 2110. The number of hydrogen-bond donors (Lipinski definition) is 6. The molecule has 1 unspecified atom stereocenters. The van der Waals surface area contributed by atoms with E-state index >= 15 is 0 Å². The van der Waals surface area contributed by atoms with E-state index in [-0.39, 0.29) is 49.3 Å². The van der Waals surface area contributed by atoms with E-state index in [9.17, 15) is 29.1 Å². The van der Waals surface area contributed by atoms with Crippen LogP contribution in [0.1, 0.15) is 60.9 Å². The van der Waals surface area contributed by atoms with Crippen molar-refractivity contribution in [1.82, 2.24) is 20.2 Å². The molecule has 266 valence electrons. The third kappa shape index (κ3) is 6.79. The summed E-state index contributed by atoms with van der Waals surface area (Å²) in [6, 6.07) is 12.5.